The zero-order valence-electron chi connectivity index (χ0n) is 14.5. The number of anilines is 1. The van der Waals surface area contributed by atoms with Crippen molar-refractivity contribution in [3.05, 3.63) is 30.5 Å². The van der Waals surface area contributed by atoms with Gasteiger partial charge in [0.15, 0.2) is 0 Å². The molecule has 1 unspecified atom stereocenters. The first-order valence-corrected chi connectivity index (χ1v) is 10.1. The summed E-state index contributed by atoms with van der Waals surface area (Å²) in [7, 11) is -1.85. The molecule has 1 saturated heterocycles. The average Bonchev–Trinajstić information content (AvgIpc) is 3.20. The van der Waals surface area contributed by atoms with Crippen molar-refractivity contribution in [3.8, 4) is 0 Å². The largest absolute Gasteiger partial charge is 0.391 e. The Hall–Kier alpha value is -2.04. The summed E-state index contributed by atoms with van der Waals surface area (Å²) in [5, 5.41) is 13.6. The summed E-state index contributed by atoms with van der Waals surface area (Å²) in [6.07, 6.45) is 6.24. The maximum Gasteiger partial charge on any atom is 0.243 e. The molecule has 140 valence electrons. The van der Waals surface area contributed by atoms with Crippen LogP contribution < -0.4 is 9.62 Å². The molecule has 2 N–H and O–H groups in total. The van der Waals surface area contributed by atoms with Crippen LogP contribution in [0.5, 0.6) is 0 Å². The van der Waals surface area contributed by atoms with E-state index < -0.39 is 10.0 Å². The molecule has 26 heavy (non-hydrogen) atoms. The highest BCUT2D eigenvalue weighted by Gasteiger charge is 2.35. The van der Waals surface area contributed by atoms with Gasteiger partial charge in [0.05, 0.1) is 12.3 Å². The van der Waals surface area contributed by atoms with Crippen molar-refractivity contribution >= 4 is 15.8 Å². The molecule has 1 saturated carbocycles. The Morgan fingerprint density at radius 2 is 2.12 bits per heavy atom. The van der Waals surface area contributed by atoms with E-state index in [1.54, 1.807) is 13.4 Å². The lowest BCUT2D eigenvalue weighted by Gasteiger charge is -2.35. The Kier molecular flexibility index (Phi) is 4.41. The molecule has 0 amide bonds. The summed E-state index contributed by atoms with van der Waals surface area (Å²) < 4.78 is 28.9. The number of nitrogens with one attached hydrogen (secondary N) is 1. The summed E-state index contributed by atoms with van der Waals surface area (Å²) in [6, 6.07) is 1.85. The van der Waals surface area contributed by atoms with E-state index in [1.807, 2.05) is 6.07 Å². The molecule has 10 heteroatoms. The van der Waals surface area contributed by atoms with Crippen LogP contribution in [0.2, 0.25) is 0 Å². The van der Waals surface area contributed by atoms with E-state index in [0.29, 0.717) is 19.4 Å². The molecule has 3 heterocycles. The highest BCUT2D eigenvalue weighted by atomic mass is 32.2. The molecular formula is C16H22N6O3S. The number of β-amino-alcohol motifs (C(OH)–C–C–N with tert-alkyl or cyclic N) is 1. The van der Waals surface area contributed by atoms with Crippen LogP contribution in [0.3, 0.4) is 0 Å². The molecule has 2 fully saturated rings. The molecule has 2 aliphatic rings. The smallest absolute Gasteiger partial charge is 0.243 e. The Morgan fingerprint density at radius 1 is 1.31 bits per heavy atom. The molecule has 2 aromatic heterocycles. The summed E-state index contributed by atoms with van der Waals surface area (Å²) in [6.45, 7) is 1.38. The van der Waals surface area contributed by atoms with E-state index in [2.05, 4.69) is 24.7 Å². The average molecular weight is 378 g/mol. The fourth-order valence-electron chi connectivity index (χ4n) is 3.49. The molecular weight excluding hydrogens is 356 g/mol. The maximum absolute atomic E-state index is 12.3. The summed E-state index contributed by atoms with van der Waals surface area (Å²) in [5.74, 6) is 1.04. The van der Waals surface area contributed by atoms with Crippen molar-refractivity contribution in [2.45, 2.75) is 42.2 Å². The minimum Gasteiger partial charge on any atom is -0.391 e. The van der Waals surface area contributed by atoms with Gasteiger partial charge in [-0.3, -0.25) is 4.68 Å². The molecule has 2 aromatic rings. The second-order valence-electron chi connectivity index (χ2n) is 7.03. The Bertz CT molecular complexity index is 893. The van der Waals surface area contributed by atoms with E-state index >= 15 is 0 Å². The van der Waals surface area contributed by atoms with Crippen LogP contribution in [0.4, 0.5) is 5.82 Å². The number of nitrogens with zero attached hydrogens (tertiary/aromatic N) is 5. The molecule has 4 rings (SSSR count). The molecule has 0 radical (unpaired) electrons. The molecule has 0 spiro atoms. The van der Waals surface area contributed by atoms with E-state index in [1.165, 1.54) is 17.1 Å². The summed E-state index contributed by atoms with van der Waals surface area (Å²) in [5.41, 5.74) is 0.924. The van der Waals surface area contributed by atoms with Gasteiger partial charge in [0.1, 0.15) is 17.0 Å². The van der Waals surface area contributed by atoms with Crippen molar-refractivity contribution < 1.29 is 13.5 Å². The third kappa shape index (κ3) is 3.44. The first-order valence-electron chi connectivity index (χ1n) is 8.66. The summed E-state index contributed by atoms with van der Waals surface area (Å²) >= 11 is 0. The zero-order chi connectivity index (χ0) is 18.3. The van der Waals surface area contributed by atoms with Gasteiger partial charge in [0, 0.05) is 50.1 Å². The number of aryl methyl sites for hydroxylation is 1. The van der Waals surface area contributed by atoms with Gasteiger partial charge in [-0.1, -0.05) is 0 Å². The SMILES string of the molecule is Cn1cc(S(=O)(=O)NC2CC(c3cc(N4CCC(O)C4)ncn3)C2)cn1. The topological polar surface area (TPSA) is 113 Å². The molecule has 1 atom stereocenters. The van der Waals surface area contributed by atoms with Gasteiger partial charge in [0.25, 0.3) is 0 Å². The highest BCUT2D eigenvalue weighted by Crippen LogP contribution is 2.37. The van der Waals surface area contributed by atoms with Crippen LogP contribution >= 0.6 is 0 Å². The second-order valence-corrected chi connectivity index (χ2v) is 8.74. The summed E-state index contributed by atoms with van der Waals surface area (Å²) in [4.78, 5) is 10.9. The number of hydrogen-bond acceptors (Lipinski definition) is 7. The normalized spacial score (nSPS) is 26.1. The molecule has 1 aliphatic carbocycles. The van der Waals surface area contributed by atoms with Crippen molar-refractivity contribution in [1.82, 2.24) is 24.5 Å². The van der Waals surface area contributed by atoms with Crippen LogP contribution in [0.1, 0.15) is 30.9 Å². The van der Waals surface area contributed by atoms with Gasteiger partial charge in [0.2, 0.25) is 10.0 Å². The number of aliphatic hydroxyl groups excluding tert-OH is 1. The minimum atomic E-state index is -3.53. The first kappa shape index (κ1) is 17.4. The maximum atomic E-state index is 12.3. The van der Waals surface area contributed by atoms with Gasteiger partial charge >= 0.3 is 0 Å². The predicted octanol–water partition coefficient (Wildman–Crippen LogP) is 0.00560. The van der Waals surface area contributed by atoms with Crippen LogP contribution in [0.15, 0.2) is 29.7 Å². The fraction of sp³-hybridized carbons (Fsp3) is 0.562. The van der Waals surface area contributed by atoms with Gasteiger partial charge in [-0.15, -0.1) is 0 Å². The van der Waals surface area contributed by atoms with E-state index in [9.17, 15) is 13.5 Å². The van der Waals surface area contributed by atoms with Crippen molar-refractivity contribution in [3.63, 3.8) is 0 Å². The van der Waals surface area contributed by atoms with Crippen LogP contribution in [-0.4, -0.2) is 58.5 Å². The van der Waals surface area contributed by atoms with Crippen LogP contribution in [0, 0.1) is 0 Å². The lowest BCUT2D eigenvalue weighted by molar-refractivity contribution is 0.198. The predicted molar refractivity (Wildman–Crippen MR) is 94.2 cm³/mol. The number of aliphatic hydroxyl groups is 1. The van der Waals surface area contributed by atoms with Crippen LogP contribution in [-0.2, 0) is 17.1 Å². The van der Waals surface area contributed by atoms with E-state index in [4.69, 9.17) is 0 Å². The Morgan fingerprint density at radius 3 is 2.77 bits per heavy atom. The van der Waals surface area contributed by atoms with Gasteiger partial charge in [-0.2, -0.15) is 5.10 Å². The number of hydrogen-bond donors (Lipinski definition) is 2. The molecule has 9 nitrogen and oxygen atoms in total. The minimum absolute atomic E-state index is 0.0998. The van der Waals surface area contributed by atoms with Gasteiger partial charge < -0.3 is 10.0 Å². The molecule has 1 aliphatic heterocycles. The first-order chi connectivity index (χ1) is 12.4. The standard InChI is InChI=1S/C16H22N6O3S/c1-21-9-14(7-19-21)26(24,25)20-12-4-11(5-12)15-6-16(18-10-17-15)22-3-2-13(23)8-22/h6-7,9-13,20,23H,2-5,8H2,1H3. The third-order valence-electron chi connectivity index (χ3n) is 5.03. The Balaban J connectivity index is 1.38. The van der Waals surface area contributed by atoms with Gasteiger partial charge in [-0.25, -0.2) is 23.1 Å². The number of sulfonamides is 1. The number of aromatic nitrogens is 4. The van der Waals surface area contributed by atoms with Crippen LogP contribution in [0.25, 0.3) is 0 Å². The fourth-order valence-corrected chi connectivity index (χ4v) is 4.73. The third-order valence-corrected chi connectivity index (χ3v) is 6.51. The zero-order valence-corrected chi connectivity index (χ0v) is 15.3. The van der Waals surface area contributed by atoms with Crippen molar-refractivity contribution in [2.75, 3.05) is 18.0 Å². The van der Waals surface area contributed by atoms with E-state index in [0.717, 1.165) is 24.5 Å². The van der Waals surface area contributed by atoms with Crippen molar-refractivity contribution in [2.24, 2.45) is 7.05 Å². The quantitative estimate of drug-likeness (QED) is 0.753. The lowest BCUT2D eigenvalue weighted by Crippen LogP contribution is -2.43. The second kappa shape index (κ2) is 6.60. The Labute approximate surface area is 152 Å². The molecule has 0 aromatic carbocycles. The lowest BCUT2D eigenvalue weighted by atomic mass is 9.78. The molecule has 0 bridgehead atoms. The van der Waals surface area contributed by atoms with E-state index in [-0.39, 0.29) is 23.0 Å². The highest BCUT2D eigenvalue weighted by molar-refractivity contribution is 7.89. The monoisotopic (exact) mass is 378 g/mol. The number of rotatable bonds is 5. The van der Waals surface area contributed by atoms with Gasteiger partial charge in [-0.05, 0) is 19.3 Å². The van der Waals surface area contributed by atoms with Crippen molar-refractivity contribution in [1.29, 1.82) is 0 Å².